The smallest absolute Gasteiger partial charge is 0.215 e. The second-order valence-electron chi connectivity index (χ2n) is 8.25. The van der Waals surface area contributed by atoms with Crippen LogP contribution >= 0.6 is 0 Å². The zero-order valence-corrected chi connectivity index (χ0v) is 20.0. The standard InChI is InChI=1S/C26H25N7O3/c1-3-5-22-23(13-12-21(16(2)34)25(22)35)36-15-17-8-10-18(11-9-17)24(28-31-27)19-6-4-7-20(14-19)26-29-32-33-30-26/h4,6-14,24,27H,3,5,15H2,1-2H3,(H-,29,30,32,33,34,35)/p+1. The van der Waals surface area contributed by atoms with Crippen LogP contribution in [0.1, 0.15) is 58.9 Å². The molecule has 0 aliphatic carbocycles. The number of phenols is 1. The minimum atomic E-state index is -0.475. The van der Waals surface area contributed by atoms with Crippen LogP contribution in [0, 0.1) is 5.53 Å². The molecule has 0 saturated heterocycles. The van der Waals surface area contributed by atoms with E-state index in [9.17, 15) is 9.90 Å². The minimum absolute atomic E-state index is 0.0103. The Morgan fingerprint density at radius 1 is 1.17 bits per heavy atom. The third-order valence-electron chi connectivity index (χ3n) is 5.79. The monoisotopic (exact) mass is 484 g/mol. The Kier molecular flexibility index (Phi) is 7.57. The van der Waals surface area contributed by atoms with Crippen molar-refractivity contribution in [2.24, 2.45) is 5.11 Å². The lowest BCUT2D eigenvalue weighted by Gasteiger charge is -2.15. The predicted octanol–water partition coefficient (Wildman–Crippen LogP) is 4.95. The van der Waals surface area contributed by atoms with E-state index in [-0.39, 0.29) is 18.1 Å². The topological polar surface area (TPSA) is 151 Å². The van der Waals surface area contributed by atoms with E-state index >= 15 is 0 Å². The molecule has 1 unspecified atom stereocenters. The Labute approximate surface area is 207 Å². The van der Waals surface area contributed by atoms with Crippen LogP contribution in [0.3, 0.4) is 0 Å². The van der Waals surface area contributed by atoms with Gasteiger partial charge in [-0.2, -0.15) is 5.21 Å². The quantitative estimate of drug-likeness (QED) is 0.165. The SMILES string of the molecule is CCCc1c(OCc2ccc(C(N=[N+]=N)c3cccc(-c4nn[nH]n4)c3)cc2)ccc(C(C)=O)c1O. The summed E-state index contributed by atoms with van der Waals surface area (Å²) in [5.74, 6) is 0.830. The second-order valence-corrected chi connectivity index (χ2v) is 8.25. The van der Waals surface area contributed by atoms with E-state index in [1.807, 2.05) is 55.5 Å². The van der Waals surface area contributed by atoms with Gasteiger partial charge in [0.2, 0.25) is 10.7 Å². The molecule has 0 fully saturated rings. The second kappa shape index (κ2) is 11.2. The number of Topliss-reactive ketones (excluding diaryl/α,β-unsaturated/α-hetero) is 1. The first-order chi connectivity index (χ1) is 17.5. The molecule has 4 aromatic rings. The van der Waals surface area contributed by atoms with Gasteiger partial charge >= 0.3 is 0 Å². The predicted molar refractivity (Wildman–Crippen MR) is 132 cm³/mol. The van der Waals surface area contributed by atoms with Crippen molar-refractivity contribution in [3.8, 4) is 22.9 Å². The third-order valence-corrected chi connectivity index (χ3v) is 5.79. The molecule has 10 heteroatoms. The van der Waals surface area contributed by atoms with Crippen LogP contribution in [0.2, 0.25) is 0 Å². The molecule has 10 nitrogen and oxygen atoms in total. The molecule has 1 aromatic heterocycles. The molecule has 0 radical (unpaired) electrons. The maximum atomic E-state index is 11.8. The summed E-state index contributed by atoms with van der Waals surface area (Å²) < 4.78 is 6.01. The number of nitrogens with zero attached hydrogens (tertiary/aromatic N) is 5. The number of benzene rings is 3. The van der Waals surface area contributed by atoms with E-state index in [1.165, 1.54) is 6.92 Å². The number of carbonyl (C=O) groups excluding carboxylic acids is 1. The Morgan fingerprint density at radius 2 is 1.97 bits per heavy atom. The van der Waals surface area contributed by atoms with Crippen molar-refractivity contribution in [3.63, 3.8) is 0 Å². The first-order valence-corrected chi connectivity index (χ1v) is 11.5. The van der Waals surface area contributed by atoms with Gasteiger partial charge in [0.1, 0.15) is 28.8 Å². The van der Waals surface area contributed by atoms with Crippen molar-refractivity contribution in [2.45, 2.75) is 39.3 Å². The molecule has 0 bridgehead atoms. The fourth-order valence-electron chi connectivity index (χ4n) is 4.00. The Bertz CT molecular complexity index is 1400. The van der Waals surface area contributed by atoms with Gasteiger partial charge in [-0.3, -0.25) is 4.79 Å². The summed E-state index contributed by atoms with van der Waals surface area (Å²) in [5, 5.41) is 28.7. The van der Waals surface area contributed by atoms with Crippen molar-refractivity contribution in [1.29, 1.82) is 5.53 Å². The van der Waals surface area contributed by atoms with Crippen LogP contribution in [-0.2, 0) is 13.0 Å². The fraction of sp³-hybridized carbons (Fsp3) is 0.231. The zero-order valence-electron chi connectivity index (χ0n) is 20.0. The summed E-state index contributed by atoms with van der Waals surface area (Å²) >= 11 is 0. The molecule has 182 valence electrons. The number of aromatic hydroxyl groups is 1. The maximum Gasteiger partial charge on any atom is 0.215 e. The average molecular weight is 485 g/mol. The lowest BCUT2D eigenvalue weighted by atomic mass is 9.97. The van der Waals surface area contributed by atoms with Gasteiger partial charge in [0.15, 0.2) is 11.8 Å². The number of nitrogens with one attached hydrogen (secondary N) is 2. The lowest BCUT2D eigenvalue weighted by Crippen LogP contribution is -2.03. The molecular weight excluding hydrogens is 458 g/mol. The molecule has 36 heavy (non-hydrogen) atoms. The van der Waals surface area contributed by atoms with Crippen LogP contribution in [-0.4, -0.2) is 31.5 Å². The number of aromatic amines is 1. The molecule has 0 aliphatic heterocycles. The minimum Gasteiger partial charge on any atom is -0.507 e. The van der Waals surface area contributed by atoms with Gasteiger partial charge in [0.05, 0.1) is 5.56 Å². The summed E-state index contributed by atoms with van der Waals surface area (Å²) in [6, 6.07) is 18.1. The van der Waals surface area contributed by atoms with Crippen LogP contribution < -0.4 is 9.65 Å². The van der Waals surface area contributed by atoms with Gasteiger partial charge in [0.25, 0.3) is 0 Å². The van der Waals surface area contributed by atoms with Gasteiger partial charge in [-0.15, -0.1) is 10.2 Å². The number of ether oxygens (including phenoxy) is 1. The van der Waals surface area contributed by atoms with Crippen LogP contribution in [0.15, 0.2) is 65.8 Å². The molecule has 4 rings (SSSR count). The van der Waals surface area contributed by atoms with Gasteiger partial charge in [-0.25, -0.2) is 0 Å². The highest BCUT2D eigenvalue weighted by atomic mass is 16.5. The molecule has 3 N–H and O–H groups in total. The summed E-state index contributed by atoms with van der Waals surface area (Å²) in [6.45, 7) is 3.72. The van der Waals surface area contributed by atoms with E-state index in [0.29, 0.717) is 29.1 Å². The van der Waals surface area contributed by atoms with E-state index in [1.54, 1.807) is 12.1 Å². The Hall–Kier alpha value is -4.69. The number of rotatable bonds is 10. The first kappa shape index (κ1) is 24.4. The number of aromatic nitrogens is 4. The number of carbonyl (C=O) groups is 1. The normalized spacial score (nSPS) is 11.5. The van der Waals surface area contributed by atoms with E-state index < -0.39 is 6.04 Å². The van der Waals surface area contributed by atoms with E-state index in [0.717, 1.165) is 28.7 Å². The highest BCUT2D eigenvalue weighted by Gasteiger charge is 2.20. The van der Waals surface area contributed by atoms with Gasteiger partial charge in [-0.1, -0.05) is 55.8 Å². The van der Waals surface area contributed by atoms with Crippen LogP contribution in [0.5, 0.6) is 11.5 Å². The largest absolute Gasteiger partial charge is 0.507 e. The van der Waals surface area contributed by atoms with Crippen molar-refractivity contribution in [2.75, 3.05) is 0 Å². The third kappa shape index (κ3) is 5.34. The van der Waals surface area contributed by atoms with Gasteiger partial charge < -0.3 is 9.84 Å². The molecule has 0 aliphatic rings. The molecule has 0 saturated carbocycles. The summed E-state index contributed by atoms with van der Waals surface area (Å²) in [5.41, 5.74) is 11.6. The number of phenolic OH excluding ortho intramolecular Hbond substituents is 1. The number of H-pyrrole nitrogens is 1. The lowest BCUT2D eigenvalue weighted by molar-refractivity contribution is 0.101. The molecule has 0 amide bonds. The molecule has 3 aromatic carbocycles. The van der Waals surface area contributed by atoms with E-state index in [2.05, 4.69) is 30.7 Å². The summed E-state index contributed by atoms with van der Waals surface area (Å²) in [6.07, 6.45) is 1.41. The summed E-state index contributed by atoms with van der Waals surface area (Å²) in [7, 11) is 0. The first-order valence-electron chi connectivity index (χ1n) is 11.5. The van der Waals surface area contributed by atoms with Crippen LogP contribution in [0.25, 0.3) is 11.4 Å². The molecule has 0 spiro atoms. The number of hydrogen-bond donors (Lipinski definition) is 3. The van der Waals surface area contributed by atoms with Crippen molar-refractivity contribution >= 4 is 5.78 Å². The Morgan fingerprint density at radius 3 is 2.64 bits per heavy atom. The molecular formula is C26H26N7O3+. The molecule has 1 heterocycles. The van der Waals surface area contributed by atoms with Gasteiger partial charge in [-0.05, 0) is 53.4 Å². The molecule has 1 atom stereocenters. The summed E-state index contributed by atoms with van der Waals surface area (Å²) in [4.78, 5) is 15.1. The highest BCUT2D eigenvalue weighted by molar-refractivity contribution is 5.97. The number of ketones is 1. The zero-order chi connectivity index (χ0) is 25.5. The van der Waals surface area contributed by atoms with Crippen molar-refractivity contribution < 1.29 is 14.6 Å². The fourth-order valence-corrected chi connectivity index (χ4v) is 4.00. The van der Waals surface area contributed by atoms with E-state index in [4.69, 9.17) is 10.3 Å². The highest BCUT2D eigenvalue weighted by Crippen LogP contribution is 2.34. The van der Waals surface area contributed by atoms with Crippen molar-refractivity contribution in [1.82, 2.24) is 25.5 Å². The Balaban J connectivity index is 1.54. The maximum absolute atomic E-state index is 11.8. The van der Waals surface area contributed by atoms with Crippen molar-refractivity contribution in [3.05, 3.63) is 88.5 Å². The van der Waals surface area contributed by atoms with Gasteiger partial charge in [0, 0.05) is 11.1 Å². The number of tetrazole rings is 1. The van der Waals surface area contributed by atoms with Crippen LogP contribution in [0.4, 0.5) is 0 Å². The average Bonchev–Trinajstić information content (AvgIpc) is 3.43. The number of hydrogen-bond acceptors (Lipinski definition) is 8.